The van der Waals surface area contributed by atoms with E-state index in [1.165, 1.54) is 0 Å². The molecule has 0 aliphatic heterocycles. The summed E-state index contributed by atoms with van der Waals surface area (Å²) in [5.74, 6) is 0.831. The van der Waals surface area contributed by atoms with Gasteiger partial charge in [0.05, 0.1) is 27.6 Å². The standard InChI is InChI=1S/C22H13N5/c1-4-13-12-14(7-8-17(13)23-9-1)22-26-20-15-5-2-10-24-18(15)19-16(21(20)27-22)6-3-11-25-19/h1-12H,(H,26,27). The Hall–Kier alpha value is -3.86. The number of benzene rings is 2. The minimum Gasteiger partial charge on any atom is -0.337 e. The molecule has 6 rings (SSSR count). The largest absolute Gasteiger partial charge is 0.337 e. The third-order valence-corrected chi connectivity index (χ3v) is 4.94. The third kappa shape index (κ3) is 2.05. The second-order valence-corrected chi connectivity index (χ2v) is 6.52. The summed E-state index contributed by atoms with van der Waals surface area (Å²) in [6, 6.07) is 18.2. The van der Waals surface area contributed by atoms with Crippen LogP contribution < -0.4 is 0 Å². The van der Waals surface area contributed by atoms with Crippen molar-refractivity contribution in [3.05, 3.63) is 73.2 Å². The fourth-order valence-electron chi connectivity index (χ4n) is 3.70. The van der Waals surface area contributed by atoms with E-state index >= 15 is 0 Å². The molecule has 4 heterocycles. The Kier molecular flexibility index (Phi) is 2.82. The lowest BCUT2D eigenvalue weighted by atomic mass is 10.1. The first-order valence-corrected chi connectivity index (χ1v) is 8.75. The van der Waals surface area contributed by atoms with E-state index in [9.17, 15) is 0 Å². The normalized spacial score (nSPS) is 11.7. The predicted octanol–water partition coefficient (Wildman–Crippen LogP) is 4.87. The molecule has 0 aliphatic carbocycles. The molecule has 5 nitrogen and oxygen atoms in total. The Morgan fingerprint density at radius 3 is 2.30 bits per heavy atom. The van der Waals surface area contributed by atoms with Crippen LogP contribution in [-0.4, -0.2) is 24.9 Å². The first kappa shape index (κ1) is 14.3. The maximum Gasteiger partial charge on any atom is 0.138 e. The lowest BCUT2D eigenvalue weighted by Crippen LogP contribution is -1.86. The predicted molar refractivity (Wildman–Crippen MR) is 107 cm³/mol. The number of nitrogens with one attached hydrogen (secondary N) is 1. The average Bonchev–Trinajstić information content (AvgIpc) is 3.20. The minimum absolute atomic E-state index is 0.831. The van der Waals surface area contributed by atoms with Crippen molar-refractivity contribution in [2.75, 3.05) is 0 Å². The van der Waals surface area contributed by atoms with Gasteiger partial charge in [0.2, 0.25) is 0 Å². The molecule has 27 heavy (non-hydrogen) atoms. The van der Waals surface area contributed by atoms with Crippen molar-refractivity contribution >= 4 is 43.7 Å². The molecule has 0 unspecified atom stereocenters. The van der Waals surface area contributed by atoms with Gasteiger partial charge < -0.3 is 4.98 Å². The highest BCUT2D eigenvalue weighted by Gasteiger charge is 2.15. The summed E-state index contributed by atoms with van der Waals surface area (Å²) in [6.45, 7) is 0. The number of pyridine rings is 3. The van der Waals surface area contributed by atoms with Crippen molar-refractivity contribution in [2.45, 2.75) is 0 Å². The van der Waals surface area contributed by atoms with Gasteiger partial charge in [-0.1, -0.05) is 6.07 Å². The number of hydrogen-bond donors (Lipinski definition) is 1. The summed E-state index contributed by atoms with van der Waals surface area (Å²) in [4.78, 5) is 22.0. The van der Waals surface area contributed by atoms with Gasteiger partial charge >= 0.3 is 0 Å². The molecule has 5 heteroatoms. The van der Waals surface area contributed by atoms with Gasteiger partial charge in [-0.2, -0.15) is 0 Å². The lowest BCUT2D eigenvalue weighted by molar-refractivity contribution is 1.34. The first-order chi connectivity index (χ1) is 13.4. The third-order valence-electron chi connectivity index (χ3n) is 4.94. The van der Waals surface area contributed by atoms with Crippen molar-refractivity contribution < 1.29 is 0 Å². The lowest BCUT2D eigenvalue weighted by Gasteiger charge is -2.03. The number of hydrogen-bond acceptors (Lipinski definition) is 4. The van der Waals surface area contributed by atoms with E-state index in [4.69, 9.17) is 4.98 Å². The number of nitrogens with zero attached hydrogens (tertiary/aromatic N) is 4. The Balaban J connectivity index is 1.72. The van der Waals surface area contributed by atoms with Crippen LogP contribution in [0.25, 0.3) is 55.1 Å². The first-order valence-electron chi connectivity index (χ1n) is 8.75. The minimum atomic E-state index is 0.831. The average molecular weight is 347 g/mol. The number of imidazole rings is 1. The van der Waals surface area contributed by atoms with Gasteiger partial charge in [-0.15, -0.1) is 0 Å². The number of rotatable bonds is 1. The molecule has 126 valence electrons. The van der Waals surface area contributed by atoms with Crippen LogP contribution in [0.3, 0.4) is 0 Å². The Labute approximate surface area is 153 Å². The number of aromatic nitrogens is 5. The van der Waals surface area contributed by atoms with Crippen molar-refractivity contribution in [1.82, 2.24) is 24.9 Å². The van der Waals surface area contributed by atoms with Gasteiger partial charge in [0, 0.05) is 40.3 Å². The molecule has 1 N–H and O–H groups in total. The van der Waals surface area contributed by atoms with Crippen molar-refractivity contribution in [1.29, 1.82) is 0 Å². The highest BCUT2D eigenvalue weighted by atomic mass is 14.9. The summed E-state index contributed by atoms with van der Waals surface area (Å²) in [5.41, 5.74) is 5.67. The number of aromatic amines is 1. The second kappa shape index (κ2) is 5.32. The zero-order valence-electron chi connectivity index (χ0n) is 14.2. The van der Waals surface area contributed by atoms with Gasteiger partial charge in [0.25, 0.3) is 0 Å². The van der Waals surface area contributed by atoms with Crippen LogP contribution in [-0.2, 0) is 0 Å². The smallest absolute Gasteiger partial charge is 0.138 e. The van der Waals surface area contributed by atoms with Crippen LogP contribution in [0.5, 0.6) is 0 Å². The molecule has 0 atom stereocenters. The van der Waals surface area contributed by atoms with Crippen LogP contribution >= 0.6 is 0 Å². The van der Waals surface area contributed by atoms with E-state index in [0.717, 1.165) is 55.1 Å². The molecular formula is C22H13N5. The van der Waals surface area contributed by atoms with E-state index in [0.29, 0.717) is 0 Å². The molecule has 0 aliphatic rings. The van der Waals surface area contributed by atoms with Crippen LogP contribution in [0.1, 0.15) is 0 Å². The van der Waals surface area contributed by atoms with E-state index < -0.39 is 0 Å². The second-order valence-electron chi connectivity index (χ2n) is 6.52. The van der Waals surface area contributed by atoms with Gasteiger partial charge in [-0.05, 0) is 48.5 Å². The molecule has 0 bridgehead atoms. The zero-order chi connectivity index (χ0) is 17.8. The monoisotopic (exact) mass is 347 g/mol. The number of fused-ring (bicyclic) bond motifs is 7. The van der Waals surface area contributed by atoms with Gasteiger partial charge in [-0.25, -0.2) is 4.98 Å². The fraction of sp³-hybridized carbons (Fsp3) is 0. The maximum absolute atomic E-state index is 4.92. The summed E-state index contributed by atoms with van der Waals surface area (Å²) in [7, 11) is 0. The molecule has 0 amide bonds. The highest BCUT2D eigenvalue weighted by molar-refractivity contribution is 6.21. The van der Waals surface area contributed by atoms with Gasteiger partial charge in [0.15, 0.2) is 0 Å². The fourth-order valence-corrected chi connectivity index (χ4v) is 3.70. The van der Waals surface area contributed by atoms with E-state index in [2.05, 4.69) is 38.1 Å². The summed E-state index contributed by atoms with van der Waals surface area (Å²) < 4.78 is 0. The topological polar surface area (TPSA) is 67.3 Å². The Morgan fingerprint density at radius 2 is 1.41 bits per heavy atom. The van der Waals surface area contributed by atoms with E-state index in [-0.39, 0.29) is 0 Å². The van der Waals surface area contributed by atoms with Crippen LogP contribution in [0.4, 0.5) is 0 Å². The molecule has 0 radical (unpaired) electrons. The van der Waals surface area contributed by atoms with Crippen molar-refractivity contribution in [2.24, 2.45) is 0 Å². The molecule has 4 aromatic heterocycles. The molecule has 0 saturated carbocycles. The summed E-state index contributed by atoms with van der Waals surface area (Å²) >= 11 is 0. The molecule has 0 saturated heterocycles. The molecule has 0 spiro atoms. The number of H-pyrrole nitrogens is 1. The quantitative estimate of drug-likeness (QED) is 0.431. The van der Waals surface area contributed by atoms with Crippen LogP contribution in [0, 0.1) is 0 Å². The Morgan fingerprint density at radius 1 is 0.667 bits per heavy atom. The summed E-state index contributed by atoms with van der Waals surface area (Å²) in [6.07, 6.45) is 5.41. The molecule has 6 aromatic rings. The maximum atomic E-state index is 4.92. The Bertz CT molecular complexity index is 1410. The van der Waals surface area contributed by atoms with E-state index in [1.54, 1.807) is 12.4 Å². The SMILES string of the molecule is c1cnc2ccc(-c3nc4c5cccnc5c5ncccc5c4[nH]3)cc2c1. The zero-order valence-corrected chi connectivity index (χ0v) is 14.2. The highest BCUT2D eigenvalue weighted by Crippen LogP contribution is 2.33. The van der Waals surface area contributed by atoms with Gasteiger partial charge in [0.1, 0.15) is 5.82 Å². The van der Waals surface area contributed by atoms with Crippen molar-refractivity contribution in [3.8, 4) is 11.4 Å². The van der Waals surface area contributed by atoms with Crippen molar-refractivity contribution in [3.63, 3.8) is 0 Å². The summed E-state index contributed by atoms with van der Waals surface area (Å²) in [5, 5.41) is 3.12. The van der Waals surface area contributed by atoms with Crippen LogP contribution in [0.15, 0.2) is 73.2 Å². The van der Waals surface area contributed by atoms with Gasteiger partial charge in [-0.3, -0.25) is 15.0 Å². The molecule has 0 fully saturated rings. The van der Waals surface area contributed by atoms with Crippen LogP contribution in [0.2, 0.25) is 0 Å². The molecule has 2 aromatic carbocycles. The molecular weight excluding hydrogens is 334 g/mol. The van der Waals surface area contributed by atoms with E-state index in [1.807, 2.05) is 42.6 Å².